The number of rotatable bonds is 10. The molecule has 0 saturated carbocycles. The van der Waals surface area contributed by atoms with E-state index >= 15 is 0 Å². The molecule has 0 aliphatic heterocycles. The van der Waals surface area contributed by atoms with Gasteiger partial charge in [-0.15, -0.1) is 0 Å². The quantitative estimate of drug-likeness (QED) is 0.696. The second-order valence-electron chi connectivity index (χ2n) is 5.81. The zero-order chi connectivity index (χ0) is 15.7. The lowest BCUT2D eigenvalue weighted by molar-refractivity contribution is -0.140. The molecule has 118 valence electrons. The van der Waals surface area contributed by atoms with Gasteiger partial charge in [0.25, 0.3) is 0 Å². The van der Waals surface area contributed by atoms with Gasteiger partial charge in [0.1, 0.15) is 0 Å². The maximum absolute atomic E-state index is 11.1. The van der Waals surface area contributed by atoms with Gasteiger partial charge in [0.05, 0.1) is 5.92 Å². The van der Waals surface area contributed by atoms with Gasteiger partial charge in [-0.25, -0.2) is 0 Å². The van der Waals surface area contributed by atoms with E-state index < -0.39 is 5.97 Å². The average molecular weight is 291 g/mol. The van der Waals surface area contributed by atoms with E-state index in [1.165, 1.54) is 18.4 Å². The van der Waals surface area contributed by atoms with Gasteiger partial charge in [-0.3, -0.25) is 4.79 Å². The third kappa shape index (κ3) is 6.19. The molecule has 3 nitrogen and oxygen atoms in total. The lowest BCUT2D eigenvalue weighted by Gasteiger charge is -2.26. The van der Waals surface area contributed by atoms with Crippen LogP contribution in [0.1, 0.15) is 52.0 Å². The number of unbranched alkanes of at least 4 members (excludes halogenated alkanes) is 2. The Kier molecular flexibility index (Phi) is 7.88. The third-order valence-corrected chi connectivity index (χ3v) is 3.82. The Morgan fingerprint density at radius 2 is 1.76 bits per heavy atom. The highest BCUT2D eigenvalue weighted by Gasteiger charge is 2.16. The molecule has 0 amide bonds. The predicted molar refractivity (Wildman–Crippen MR) is 89.0 cm³/mol. The van der Waals surface area contributed by atoms with Crippen LogP contribution >= 0.6 is 0 Å². The fourth-order valence-corrected chi connectivity index (χ4v) is 2.34. The smallest absolute Gasteiger partial charge is 0.308 e. The van der Waals surface area contributed by atoms with Gasteiger partial charge in [-0.1, -0.05) is 45.7 Å². The summed E-state index contributed by atoms with van der Waals surface area (Å²) in [6.07, 6.45) is 5.75. The summed E-state index contributed by atoms with van der Waals surface area (Å²) < 4.78 is 0. The molecule has 0 bridgehead atoms. The molecule has 21 heavy (non-hydrogen) atoms. The number of aliphatic carboxylic acids is 1. The molecule has 0 fully saturated rings. The minimum Gasteiger partial charge on any atom is -0.481 e. The van der Waals surface area contributed by atoms with Crippen molar-refractivity contribution >= 4 is 11.7 Å². The van der Waals surface area contributed by atoms with Crippen LogP contribution in [0, 0.1) is 5.92 Å². The molecule has 1 atom stereocenters. The Labute approximate surface area is 129 Å². The number of benzene rings is 1. The highest BCUT2D eigenvalue weighted by atomic mass is 16.4. The van der Waals surface area contributed by atoms with Crippen molar-refractivity contribution in [2.24, 2.45) is 5.92 Å². The second-order valence-corrected chi connectivity index (χ2v) is 5.81. The lowest BCUT2D eigenvalue weighted by Crippen LogP contribution is -2.32. The van der Waals surface area contributed by atoms with Gasteiger partial charge in [0.2, 0.25) is 0 Å². The molecular weight excluding hydrogens is 262 g/mol. The summed E-state index contributed by atoms with van der Waals surface area (Å²) in [5, 5.41) is 9.12. The van der Waals surface area contributed by atoms with E-state index in [0.717, 1.165) is 31.5 Å². The maximum Gasteiger partial charge on any atom is 0.308 e. The summed E-state index contributed by atoms with van der Waals surface area (Å²) in [6.45, 7) is 7.63. The van der Waals surface area contributed by atoms with E-state index in [1.54, 1.807) is 6.92 Å². The van der Waals surface area contributed by atoms with Crippen LogP contribution in [0.4, 0.5) is 5.69 Å². The molecule has 1 aromatic carbocycles. The fraction of sp³-hybridized carbons (Fsp3) is 0.611. The highest BCUT2D eigenvalue weighted by Crippen LogP contribution is 2.19. The third-order valence-electron chi connectivity index (χ3n) is 3.82. The summed E-state index contributed by atoms with van der Waals surface area (Å²) in [4.78, 5) is 13.3. The number of carboxylic acid groups (broad SMARTS) is 1. The van der Waals surface area contributed by atoms with Crippen LogP contribution in [0.5, 0.6) is 0 Å². The van der Waals surface area contributed by atoms with E-state index in [0.29, 0.717) is 6.54 Å². The molecule has 0 aromatic heterocycles. The number of hydrogen-bond acceptors (Lipinski definition) is 2. The minimum absolute atomic E-state index is 0.346. The van der Waals surface area contributed by atoms with Crippen molar-refractivity contribution in [3.8, 4) is 0 Å². The summed E-state index contributed by atoms with van der Waals surface area (Å²) in [5.74, 6) is -1.07. The van der Waals surface area contributed by atoms with Crippen molar-refractivity contribution in [1.29, 1.82) is 0 Å². The zero-order valence-corrected chi connectivity index (χ0v) is 13.6. The van der Waals surface area contributed by atoms with Gasteiger partial charge in [0, 0.05) is 18.8 Å². The van der Waals surface area contributed by atoms with Crippen LogP contribution in [0.25, 0.3) is 0 Å². The highest BCUT2D eigenvalue weighted by molar-refractivity contribution is 5.70. The molecule has 0 saturated heterocycles. The summed E-state index contributed by atoms with van der Waals surface area (Å²) in [6, 6.07) is 8.62. The predicted octanol–water partition coefficient (Wildman–Crippen LogP) is 4.36. The number of carbonyl (C=O) groups is 1. The first-order valence-electron chi connectivity index (χ1n) is 8.15. The van der Waals surface area contributed by atoms with Gasteiger partial charge in [-0.05, 0) is 37.0 Å². The molecule has 3 heteroatoms. The molecule has 0 spiro atoms. The number of nitrogens with zero attached hydrogens (tertiary/aromatic N) is 1. The van der Waals surface area contributed by atoms with Crippen molar-refractivity contribution in [2.75, 3.05) is 18.0 Å². The molecule has 1 N–H and O–H groups in total. The molecule has 0 aliphatic rings. The maximum atomic E-state index is 11.1. The Bertz CT molecular complexity index is 414. The normalized spacial score (nSPS) is 12.1. The van der Waals surface area contributed by atoms with Gasteiger partial charge >= 0.3 is 5.97 Å². The zero-order valence-electron chi connectivity index (χ0n) is 13.6. The summed E-state index contributed by atoms with van der Waals surface area (Å²) in [7, 11) is 0. The molecule has 0 heterocycles. The van der Waals surface area contributed by atoms with Crippen molar-refractivity contribution in [2.45, 2.75) is 52.9 Å². The molecule has 1 unspecified atom stereocenters. The van der Waals surface area contributed by atoms with Gasteiger partial charge < -0.3 is 10.0 Å². The van der Waals surface area contributed by atoms with E-state index in [4.69, 9.17) is 5.11 Å². The number of hydrogen-bond donors (Lipinski definition) is 1. The fourth-order valence-electron chi connectivity index (χ4n) is 2.34. The molecule has 1 rings (SSSR count). The van der Waals surface area contributed by atoms with Crippen LogP contribution in [-0.4, -0.2) is 24.2 Å². The first-order chi connectivity index (χ1) is 10.1. The Balaban J connectivity index is 2.74. The largest absolute Gasteiger partial charge is 0.481 e. The first kappa shape index (κ1) is 17.5. The SMILES string of the molecule is CCCCc1ccc(N(CCCC)CC(C)C(=O)O)cc1. The molecule has 1 aromatic rings. The van der Waals surface area contributed by atoms with E-state index in [9.17, 15) is 4.79 Å². The number of aryl methyl sites for hydroxylation is 1. The summed E-state index contributed by atoms with van der Waals surface area (Å²) >= 11 is 0. The Morgan fingerprint density at radius 1 is 1.14 bits per heavy atom. The van der Waals surface area contributed by atoms with Crippen LogP contribution < -0.4 is 4.90 Å². The van der Waals surface area contributed by atoms with E-state index in [2.05, 4.69) is 43.0 Å². The Hall–Kier alpha value is -1.51. The molecule has 0 radical (unpaired) electrons. The van der Waals surface area contributed by atoms with E-state index in [-0.39, 0.29) is 5.92 Å². The minimum atomic E-state index is -0.726. The van der Waals surface area contributed by atoms with Crippen LogP contribution in [-0.2, 0) is 11.2 Å². The van der Waals surface area contributed by atoms with Gasteiger partial charge in [-0.2, -0.15) is 0 Å². The molecular formula is C18H29NO2. The summed E-state index contributed by atoms with van der Waals surface area (Å²) in [5.41, 5.74) is 2.50. The van der Waals surface area contributed by atoms with Crippen LogP contribution in [0.15, 0.2) is 24.3 Å². The second kappa shape index (κ2) is 9.43. The van der Waals surface area contributed by atoms with E-state index in [1.807, 2.05) is 0 Å². The van der Waals surface area contributed by atoms with Crippen molar-refractivity contribution < 1.29 is 9.90 Å². The Morgan fingerprint density at radius 3 is 2.29 bits per heavy atom. The standard InChI is InChI=1S/C18H29NO2/c1-4-6-8-16-9-11-17(12-10-16)19(13-7-5-2)14-15(3)18(20)21/h9-12,15H,4-8,13-14H2,1-3H3,(H,20,21). The topological polar surface area (TPSA) is 40.5 Å². The first-order valence-corrected chi connectivity index (χ1v) is 8.15. The van der Waals surface area contributed by atoms with Crippen molar-refractivity contribution in [3.63, 3.8) is 0 Å². The number of carboxylic acids is 1. The lowest BCUT2D eigenvalue weighted by atomic mass is 10.1. The number of anilines is 1. The van der Waals surface area contributed by atoms with Crippen LogP contribution in [0.2, 0.25) is 0 Å². The van der Waals surface area contributed by atoms with Gasteiger partial charge in [0.15, 0.2) is 0 Å². The van der Waals surface area contributed by atoms with Crippen molar-refractivity contribution in [1.82, 2.24) is 0 Å². The average Bonchev–Trinajstić information content (AvgIpc) is 2.49. The van der Waals surface area contributed by atoms with Crippen molar-refractivity contribution in [3.05, 3.63) is 29.8 Å². The van der Waals surface area contributed by atoms with Crippen LogP contribution in [0.3, 0.4) is 0 Å². The molecule has 0 aliphatic carbocycles. The monoisotopic (exact) mass is 291 g/mol.